The number of hydrogen-bond acceptors (Lipinski definition) is 3. The third-order valence-corrected chi connectivity index (χ3v) is 2.47. The number of nitrogens with one attached hydrogen (secondary N) is 1. The molecule has 1 aromatic heterocycles. The van der Waals surface area contributed by atoms with Gasteiger partial charge in [-0.1, -0.05) is 6.07 Å². The first kappa shape index (κ1) is 9.58. The lowest BCUT2D eigenvalue weighted by Crippen LogP contribution is -2.11. The van der Waals surface area contributed by atoms with E-state index in [1.54, 1.807) is 32.2 Å². The molecule has 0 amide bonds. The maximum absolute atomic E-state index is 11.7. The van der Waals surface area contributed by atoms with Crippen molar-refractivity contribution < 1.29 is 4.74 Å². The molecule has 2 aromatic rings. The van der Waals surface area contributed by atoms with E-state index in [0.29, 0.717) is 27.9 Å². The Morgan fingerprint density at radius 2 is 2.13 bits per heavy atom. The van der Waals surface area contributed by atoms with Crippen molar-refractivity contribution in [2.45, 2.75) is 6.92 Å². The summed E-state index contributed by atoms with van der Waals surface area (Å²) in [6, 6.07) is 5.29. The molecule has 1 aromatic carbocycles. The van der Waals surface area contributed by atoms with Gasteiger partial charge in [0, 0.05) is 5.69 Å². The number of hydrogen-bond donors (Lipinski definition) is 2. The minimum atomic E-state index is -0.143. The Kier molecular flexibility index (Phi) is 2.11. The van der Waals surface area contributed by atoms with Crippen LogP contribution in [0.2, 0.25) is 0 Å². The Hall–Kier alpha value is -1.97. The van der Waals surface area contributed by atoms with Gasteiger partial charge < -0.3 is 15.5 Å². The fraction of sp³-hybridized carbons (Fsp3) is 0.182. The van der Waals surface area contributed by atoms with Gasteiger partial charge in [0.2, 0.25) is 0 Å². The summed E-state index contributed by atoms with van der Waals surface area (Å²) in [5.74, 6) is 0.624. The molecule has 0 saturated carbocycles. The van der Waals surface area contributed by atoms with Gasteiger partial charge in [-0.2, -0.15) is 0 Å². The van der Waals surface area contributed by atoms with E-state index < -0.39 is 0 Å². The number of rotatable bonds is 1. The molecule has 0 aliphatic heterocycles. The Labute approximate surface area is 86.7 Å². The van der Waals surface area contributed by atoms with Crippen LogP contribution in [0.25, 0.3) is 10.8 Å². The molecule has 3 N–H and O–H groups in total. The second-order valence-electron chi connectivity index (χ2n) is 3.38. The van der Waals surface area contributed by atoms with Gasteiger partial charge in [-0.25, -0.2) is 0 Å². The zero-order valence-electron chi connectivity index (χ0n) is 8.63. The molecule has 2 rings (SSSR count). The third-order valence-electron chi connectivity index (χ3n) is 2.47. The molecule has 0 saturated heterocycles. The predicted molar refractivity (Wildman–Crippen MR) is 60.3 cm³/mol. The van der Waals surface area contributed by atoms with Crippen molar-refractivity contribution in [3.05, 3.63) is 34.2 Å². The summed E-state index contributed by atoms with van der Waals surface area (Å²) in [6.07, 6.45) is 0. The van der Waals surface area contributed by atoms with Gasteiger partial charge in [-0.15, -0.1) is 0 Å². The third kappa shape index (κ3) is 1.34. The number of aryl methyl sites for hydroxylation is 1. The second kappa shape index (κ2) is 3.31. The molecular weight excluding hydrogens is 192 g/mol. The van der Waals surface area contributed by atoms with Crippen LogP contribution in [0, 0.1) is 6.92 Å². The van der Waals surface area contributed by atoms with E-state index in [2.05, 4.69) is 4.98 Å². The van der Waals surface area contributed by atoms with Gasteiger partial charge in [-0.3, -0.25) is 4.79 Å². The van der Waals surface area contributed by atoms with Crippen LogP contribution in [-0.2, 0) is 0 Å². The monoisotopic (exact) mass is 204 g/mol. The molecule has 0 aliphatic rings. The Morgan fingerprint density at radius 3 is 2.80 bits per heavy atom. The summed E-state index contributed by atoms with van der Waals surface area (Å²) in [5.41, 5.74) is 6.99. The van der Waals surface area contributed by atoms with E-state index in [9.17, 15) is 4.79 Å². The molecule has 4 nitrogen and oxygen atoms in total. The topological polar surface area (TPSA) is 68.1 Å². The van der Waals surface area contributed by atoms with Crippen molar-refractivity contribution in [3.63, 3.8) is 0 Å². The molecule has 0 fully saturated rings. The number of H-pyrrole nitrogens is 1. The van der Waals surface area contributed by atoms with E-state index in [4.69, 9.17) is 10.5 Å². The highest BCUT2D eigenvalue weighted by atomic mass is 16.5. The molecule has 0 unspecified atom stereocenters. The van der Waals surface area contributed by atoms with Gasteiger partial charge in [0.05, 0.1) is 23.6 Å². The van der Waals surface area contributed by atoms with E-state index >= 15 is 0 Å². The molecule has 0 aliphatic carbocycles. The van der Waals surface area contributed by atoms with Crippen LogP contribution in [0.15, 0.2) is 23.0 Å². The second-order valence-corrected chi connectivity index (χ2v) is 3.38. The van der Waals surface area contributed by atoms with E-state index in [-0.39, 0.29) is 5.56 Å². The SMILES string of the molecule is COc1cccc2c(=O)[nH]c(C)c(N)c12. The first-order valence-electron chi connectivity index (χ1n) is 4.60. The summed E-state index contributed by atoms with van der Waals surface area (Å²) in [4.78, 5) is 14.3. The van der Waals surface area contributed by atoms with Crippen molar-refractivity contribution in [3.8, 4) is 5.75 Å². The summed E-state index contributed by atoms with van der Waals surface area (Å²) < 4.78 is 5.19. The van der Waals surface area contributed by atoms with Crippen LogP contribution >= 0.6 is 0 Å². The first-order chi connectivity index (χ1) is 7.15. The van der Waals surface area contributed by atoms with Crippen LogP contribution in [0.4, 0.5) is 5.69 Å². The highest BCUT2D eigenvalue weighted by Crippen LogP contribution is 2.29. The average molecular weight is 204 g/mol. The number of pyridine rings is 1. The average Bonchev–Trinajstić information content (AvgIpc) is 2.25. The lowest BCUT2D eigenvalue weighted by atomic mass is 10.1. The number of nitrogen functional groups attached to an aromatic ring is 1. The van der Waals surface area contributed by atoms with Gasteiger partial charge >= 0.3 is 0 Å². The lowest BCUT2D eigenvalue weighted by molar-refractivity contribution is 0.420. The Balaban J connectivity index is 3.03. The minimum absolute atomic E-state index is 0.143. The van der Waals surface area contributed by atoms with Crippen LogP contribution < -0.4 is 16.0 Å². The standard InChI is InChI=1S/C11H12N2O2/c1-6-10(12)9-7(11(14)13-6)4-3-5-8(9)15-2/h3-5H,12H2,1-2H3,(H,13,14). The fourth-order valence-electron chi connectivity index (χ4n) is 1.66. The summed E-state index contributed by atoms with van der Waals surface area (Å²) in [7, 11) is 1.56. The number of anilines is 1. The van der Waals surface area contributed by atoms with Gasteiger partial charge in [0.1, 0.15) is 5.75 Å². The predicted octanol–water partition coefficient (Wildman–Crippen LogP) is 1.43. The Bertz CT molecular complexity index is 573. The van der Waals surface area contributed by atoms with Gasteiger partial charge in [-0.05, 0) is 19.1 Å². The zero-order valence-corrected chi connectivity index (χ0v) is 8.63. The van der Waals surface area contributed by atoms with Crippen molar-refractivity contribution in [2.24, 2.45) is 0 Å². The normalized spacial score (nSPS) is 10.5. The minimum Gasteiger partial charge on any atom is -0.496 e. The number of aromatic amines is 1. The fourth-order valence-corrected chi connectivity index (χ4v) is 1.66. The number of fused-ring (bicyclic) bond motifs is 1. The van der Waals surface area contributed by atoms with E-state index in [1.165, 1.54) is 0 Å². The number of methoxy groups -OCH3 is 1. The summed E-state index contributed by atoms with van der Waals surface area (Å²) >= 11 is 0. The number of benzene rings is 1. The molecular formula is C11H12N2O2. The molecule has 0 atom stereocenters. The number of ether oxygens (including phenoxy) is 1. The zero-order chi connectivity index (χ0) is 11.0. The first-order valence-corrected chi connectivity index (χ1v) is 4.60. The van der Waals surface area contributed by atoms with Gasteiger partial charge in [0.25, 0.3) is 5.56 Å². The van der Waals surface area contributed by atoms with Crippen molar-refractivity contribution in [2.75, 3.05) is 12.8 Å². The largest absolute Gasteiger partial charge is 0.496 e. The van der Waals surface area contributed by atoms with E-state index in [1.807, 2.05) is 0 Å². The van der Waals surface area contributed by atoms with Crippen LogP contribution in [0.1, 0.15) is 5.69 Å². The van der Waals surface area contributed by atoms with E-state index in [0.717, 1.165) is 0 Å². The number of aromatic nitrogens is 1. The van der Waals surface area contributed by atoms with Crippen molar-refractivity contribution >= 4 is 16.5 Å². The molecule has 1 heterocycles. The molecule has 15 heavy (non-hydrogen) atoms. The molecule has 0 radical (unpaired) electrons. The summed E-state index contributed by atoms with van der Waals surface area (Å²) in [5, 5.41) is 1.23. The van der Waals surface area contributed by atoms with Crippen LogP contribution in [-0.4, -0.2) is 12.1 Å². The smallest absolute Gasteiger partial charge is 0.256 e. The molecule has 0 bridgehead atoms. The maximum Gasteiger partial charge on any atom is 0.256 e. The number of nitrogens with two attached hydrogens (primary N) is 1. The lowest BCUT2D eigenvalue weighted by Gasteiger charge is -2.09. The van der Waals surface area contributed by atoms with Crippen molar-refractivity contribution in [1.29, 1.82) is 0 Å². The highest BCUT2D eigenvalue weighted by molar-refractivity contribution is 5.97. The molecule has 4 heteroatoms. The highest BCUT2D eigenvalue weighted by Gasteiger charge is 2.09. The summed E-state index contributed by atoms with van der Waals surface area (Å²) in [6.45, 7) is 1.77. The Morgan fingerprint density at radius 1 is 1.40 bits per heavy atom. The quantitative estimate of drug-likeness (QED) is 0.738. The van der Waals surface area contributed by atoms with Gasteiger partial charge in [0.15, 0.2) is 0 Å². The van der Waals surface area contributed by atoms with Crippen molar-refractivity contribution in [1.82, 2.24) is 4.98 Å². The molecule has 0 spiro atoms. The van der Waals surface area contributed by atoms with Crippen LogP contribution in [0.3, 0.4) is 0 Å². The van der Waals surface area contributed by atoms with Crippen LogP contribution in [0.5, 0.6) is 5.75 Å². The maximum atomic E-state index is 11.7. The molecule has 78 valence electrons.